The van der Waals surface area contributed by atoms with Crippen molar-refractivity contribution < 1.29 is 27.4 Å². The van der Waals surface area contributed by atoms with Crippen molar-refractivity contribution in [3.05, 3.63) is 47.0 Å². The first-order valence-corrected chi connectivity index (χ1v) is 7.75. The topological polar surface area (TPSA) is 59.6 Å². The van der Waals surface area contributed by atoms with Crippen LogP contribution in [0.4, 0.5) is 24.5 Å². The molecule has 2 aromatic carbocycles. The van der Waals surface area contributed by atoms with Crippen LogP contribution in [0, 0.1) is 0 Å². The number of hydrogen-bond donors (Lipinski definition) is 2. The van der Waals surface area contributed by atoms with Crippen molar-refractivity contribution in [3.8, 4) is 11.5 Å². The number of methoxy groups -OCH3 is 2. The first-order chi connectivity index (χ1) is 12.2. The summed E-state index contributed by atoms with van der Waals surface area (Å²) in [7, 11) is 2.91. The van der Waals surface area contributed by atoms with E-state index in [0.29, 0.717) is 17.2 Å². The zero-order valence-electron chi connectivity index (χ0n) is 13.9. The Bertz CT molecular complexity index is 797. The molecule has 140 valence electrons. The van der Waals surface area contributed by atoms with Crippen molar-refractivity contribution in [1.29, 1.82) is 0 Å². The average molecular weight is 389 g/mol. The van der Waals surface area contributed by atoms with Crippen molar-refractivity contribution in [2.45, 2.75) is 6.18 Å². The number of halogens is 4. The van der Waals surface area contributed by atoms with Crippen LogP contribution in [0.25, 0.3) is 0 Å². The molecular weight excluding hydrogens is 373 g/mol. The highest BCUT2D eigenvalue weighted by atomic mass is 35.5. The van der Waals surface area contributed by atoms with Crippen LogP contribution >= 0.6 is 11.6 Å². The Hall–Kier alpha value is -2.61. The number of alkyl halides is 3. The highest BCUT2D eigenvalue weighted by Crippen LogP contribution is 2.36. The van der Waals surface area contributed by atoms with Crippen molar-refractivity contribution in [3.63, 3.8) is 0 Å². The summed E-state index contributed by atoms with van der Waals surface area (Å²) < 4.78 is 49.3. The van der Waals surface area contributed by atoms with E-state index in [0.717, 1.165) is 6.07 Å². The molecule has 0 aliphatic carbocycles. The lowest BCUT2D eigenvalue weighted by Gasteiger charge is -2.15. The minimum absolute atomic E-state index is 0.0460. The molecule has 0 saturated carbocycles. The van der Waals surface area contributed by atoms with Crippen LogP contribution in [0.15, 0.2) is 36.4 Å². The maximum absolute atomic E-state index is 13.0. The third-order valence-corrected chi connectivity index (χ3v) is 3.64. The zero-order valence-corrected chi connectivity index (χ0v) is 14.7. The van der Waals surface area contributed by atoms with Gasteiger partial charge in [-0.1, -0.05) is 11.6 Å². The second kappa shape index (κ2) is 8.18. The fraction of sp³-hybridized carbons (Fsp3) is 0.235. The SMILES string of the molecule is COc1ccc(NC(=O)CNc2ccc(Cl)cc2C(F)(F)F)c(OC)c1. The molecule has 2 aromatic rings. The maximum Gasteiger partial charge on any atom is 0.418 e. The Morgan fingerprint density at radius 1 is 1.08 bits per heavy atom. The molecule has 0 aliphatic rings. The standard InChI is InChI=1S/C17H16ClF3N2O3/c1-25-11-4-6-14(15(8-11)26-2)23-16(24)9-22-13-5-3-10(18)7-12(13)17(19,20)21/h3-8,22H,9H2,1-2H3,(H,23,24). The Morgan fingerprint density at radius 3 is 2.38 bits per heavy atom. The van der Waals surface area contributed by atoms with Gasteiger partial charge >= 0.3 is 6.18 Å². The Morgan fingerprint density at radius 2 is 1.77 bits per heavy atom. The summed E-state index contributed by atoms with van der Waals surface area (Å²) >= 11 is 5.62. The third kappa shape index (κ3) is 4.95. The summed E-state index contributed by atoms with van der Waals surface area (Å²) in [6.45, 7) is -0.375. The number of rotatable bonds is 6. The molecule has 0 saturated heterocycles. The second-order valence-corrected chi connectivity index (χ2v) is 5.59. The van der Waals surface area contributed by atoms with Gasteiger partial charge in [0.05, 0.1) is 32.0 Å². The summed E-state index contributed by atoms with van der Waals surface area (Å²) in [6, 6.07) is 8.04. The molecule has 2 N–H and O–H groups in total. The van der Waals surface area contributed by atoms with Crippen LogP contribution in [0.1, 0.15) is 5.56 Å². The molecule has 0 radical (unpaired) electrons. The van der Waals surface area contributed by atoms with E-state index < -0.39 is 17.6 Å². The number of nitrogens with one attached hydrogen (secondary N) is 2. The van der Waals surface area contributed by atoms with Crippen LogP contribution in [-0.4, -0.2) is 26.7 Å². The summed E-state index contributed by atoms with van der Waals surface area (Å²) in [5, 5.41) is 4.99. The van der Waals surface area contributed by atoms with E-state index in [1.165, 1.54) is 26.4 Å². The van der Waals surface area contributed by atoms with Gasteiger partial charge in [-0.15, -0.1) is 0 Å². The molecule has 9 heteroatoms. The van der Waals surface area contributed by atoms with Gasteiger partial charge in [0.1, 0.15) is 11.5 Å². The van der Waals surface area contributed by atoms with Gasteiger partial charge in [0.15, 0.2) is 0 Å². The molecule has 0 unspecified atom stereocenters. The second-order valence-electron chi connectivity index (χ2n) is 5.16. The summed E-state index contributed by atoms with van der Waals surface area (Å²) in [5.74, 6) is 0.352. The van der Waals surface area contributed by atoms with E-state index in [-0.39, 0.29) is 17.3 Å². The average Bonchev–Trinajstić information content (AvgIpc) is 2.60. The lowest BCUT2D eigenvalue weighted by Crippen LogP contribution is -2.23. The first kappa shape index (κ1) is 19.7. The van der Waals surface area contributed by atoms with Gasteiger partial charge in [-0.25, -0.2) is 0 Å². The number of hydrogen-bond acceptors (Lipinski definition) is 4. The highest BCUT2D eigenvalue weighted by molar-refractivity contribution is 6.30. The van der Waals surface area contributed by atoms with E-state index in [4.69, 9.17) is 21.1 Å². The molecule has 5 nitrogen and oxygen atoms in total. The first-order valence-electron chi connectivity index (χ1n) is 7.37. The predicted molar refractivity (Wildman–Crippen MR) is 93.1 cm³/mol. The van der Waals surface area contributed by atoms with Gasteiger partial charge in [0, 0.05) is 16.8 Å². The highest BCUT2D eigenvalue weighted by Gasteiger charge is 2.33. The molecule has 0 heterocycles. The molecule has 1 amide bonds. The number of ether oxygens (including phenoxy) is 2. The summed E-state index contributed by atoms with van der Waals surface area (Å²) in [6.07, 6.45) is -4.59. The number of benzene rings is 2. The molecular formula is C17H16ClF3N2O3. The molecule has 0 fully saturated rings. The lowest BCUT2D eigenvalue weighted by atomic mass is 10.1. The number of carbonyl (C=O) groups excluding carboxylic acids is 1. The van der Waals surface area contributed by atoms with Crippen molar-refractivity contribution in [2.75, 3.05) is 31.4 Å². The van der Waals surface area contributed by atoms with Gasteiger partial charge in [0.2, 0.25) is 5.91 Å². The zero-order chi connectivity index (χ0) is 19.3. The number of carbonyl (C=O) groups is 1. The van der Waals surface area contributed by atoms with Crippen LogP contribution in [-0.2, 0) is 11.0 Å². The number of amides is 1. The Kier molecular flexibility index (Phi) is 6.20. The largest absolute Gasteiger partial charge is 0.497 e. The van der Waals surface area contributed by atoms with Gasteiger partial charge in [-0.2, -0.15) is 13.2 Å². The van der Waals surface area contributed by atoms with E-state index in [1.54, 1.807) is 18.2 Å². The molecule has 0 aromatic heterocycles. The molecule has 0 aliphatic heterocycles. The summed E-state index contributed by atoms with van der Waals surface area (Å²) in [4.78, 5) is 12.1. The molecule has 0 atom stereocenters. The Balaban J connectivity index is 2.09. The van der Waals surface area contributed by atoms with Gasteiger partial charge < -0.3 is 20.1 Å². The molecule has 2 rings (SSSR count). The minimum atomic E-state index is -4.59. The third-order valence-electron chi connectivity index (χ3n) is 3.41. The normalized spacial score (nSPS) is 11.0. The molecule has 26 heavy (non-hydrogen) atoms. The van der Waals surface area contributed by atoms with E-state index in [9.17, 15) is 18.0 Å². The van der Waals surface area contributed by atoms with Crippen LogP contribution in [0.3, 0.4) is 0 Å². The van der Waals surface area contributed by atoms with Crippen molar-refractivity contribution in [1.82, 2.24) is 0 Å². The van der Waals surface area contributed by atoms with Crippen LogP contribution in [0.5, 0.6) is 11.5 Å². The molecule has 0 bridgehead atoms. The van der Waals surface area contributed by atoms with E-state index in [2.05, 4.69) is 10.6 Å². The van der Waals surface area contributed by atoms with E-state index in [1.807, 2.05) is 0 Å². The van der Waals surface area contributed by atoms with Gasteiger partial charge in [-0.3, -0.25) is 4.79 Å². The lowest BCUT2D eigenvalue weighted by molar-refractivity contribution is -0.137. The van der Waals surface area contributed by atoms with Crippen molar-refractivity contribution in [2.24, 2.45) is 0 Å². The van der Waals surface area contributed by atoms with Crippen molar-refractivity contribution >= 4 is 28.9 Å². The van der Waals surface area contributed by atoms with E-state index >= 15 is 0 Å². The van der Waals surface area contributed by atoms with Gasteiger partial charge in [-0.05, 0) is 30.3 Å². The smallest absolute Gasteiger partial charge is 0.418 e. The number of anilines is 2. The monoisotopic (exact) mass is 388 g/mol. The summed E-state index contributed by atoms with van der Waals surface area (Å²) in [5.41, 5.74) is -0.814. The van der Waals surface area contributed by atoms with Crippen LogP contribution in [0.2, 0.25) is 5.02 Å². The Labute approximate surface area is 153 Å². The fourth-order valence-electron chi connectivity index (χ4n) is 2.18. The minimum Gasteiger partial charge on any atom is -0.497 e. The fourth-order valence-corrected chi connectivity index (χ4v) is 2.35. The van der Waals surface area contributed by atoms with Gasteiger partial charge in [0.25, 0.3) is 0 Å². The maximum atomic E-state index is 13.0. The molecule has 0 spiro atoms. The van der Waals surface area contributed by atoms with Crippen LogP contribution < -0.4 is 20.1 Å². The quantitative estimate of drug-likeness (QED) is 0.768. The predicted octanol–water partition coefficient (Wildman–Crippen LogP) is 4.43.